The van der Waals surface area contributed by atoms with Gasteiger partial charge in [-0.2, -0.15) is 0 Å². The van der Waals surface area contributed by atoms with Crippen LogP contribution in [0.25, 0.3) is 0 Å². The lowest BCUT2D eigenvalue weighted by Crippen LogP contribution is -2.13. The number of benzene rings is 2. The van der Waals surface area contributed by atoms with E-state index in [9.17, 15) is 0 Å². The fourth-order valence-electron chi connectivity index (χ4n) is 1.87. The van der Waals surface area contributed by atoms with Crippen molar-refractivity contribution in [2.75, 3.05) is 11.1 Å². The number of halogens is 1. The Morgan fingerprint density at radius 3 is 2.55 bits per heavy atom. The molecular weight excluding hydrogens is 308 g/mol. The van der Waals surface area contributed by atoms with Gasteiger partial charge in [-0.1, -0.05) is 48.9 Å². The molecule has 0 aromatic heterocycles. The van der Waals surface area contributed by atoms with E-state index < -0.39 is 0 Å². The molecule has 0 heterocycles. The number of hydrogen-bond acceptors (Lipinski definition) is 3. The molecule has 2 aromatic carbocycles. The van der Waals surface area contributed by atoms with Crippen molar-refractivity contribution in [2.45, 2.75) is 11.8 Å². The standard InChI is InChI=1S/C15H15ClN2S2/c1-2-20-13-9-5-8-12(14(13)15(17)19)18-11-7-4-3-6-10(11)16/h3-9,18H,2H2,1H3,(H2,17,19). The van der Waals surface area contributed by atoms with Crippen LogP contribution in [0.3, 0.4) is 0 Å². The van der Waals surface area contributed by atoms with Crippen LogP contribution in [0.15, 0.2) is 47.4 Å². The Balaban J connectivity index is 2.44. The van der Waals surface area contributed by atoms with E-state index in [-0.39, 0.29) is 0 Å². The van der Waals surface area contributed by atoms with E-state index in [1.54, 1.807) is 11.8 Å². The Kier molecular flexibility index (Phi) is 5.29. The summed E-state index contributed by atoms with van der Waals surface area (Å²) >= 11 is 13.1. The zero-order chi connectivity index (χ0) is 14.5. The van der Waals surface area contributed by atoms with Crippen LogP contribution in [0.5, 0.6) is 0 Å². The number of hydrogen-bond donors (Lipinski definition) is 2. The molecule has 2 rings (SSSR count). The van der Waals surface area contributed by atoms with E-state index in [0.29, 0.717) is 10.0 Å². The highest BCUT2D eigenvalue weighted by molar-refractivity contribution is 7.99. The molecule has 0 saturated carbocycles. The summed E-state index contributed by atoms with van der Waals surface area (Å²) in [5.41, 5.74) is 8.47. The first-order valence-corrected chi connectivity index (χ1v) is 7.97. The normalized spacial score (nSPS) is 10.3. The molecule has 104 valence electrons. The van der Waals surface area contributed by atoms with Crippen molar-refractivity contribution in [1.29, 1.82) is 0 Å². The third-order valence-electron chi connectivity index (χ3n) is 2.72. The second-order valence-electron chi connectivity index (χ2n) is 4.08. The Morgan fingerprint density at radius 1 is 1.20 bits per heavy atom. The molecule has 0 spiro atoms. The van der Waals surface area contributed by atoms with E-state index in [1.807, 2.05) is 42.5 Å². The maximum Gasteiger partial charge on any atom is 0.107 e. The third-order valence-corrected chi connectivity index (χ3v) is 4.19. The highest BCUT2D eigenvalue weighted by Crippen LogP contribution is 2.32. The fraction of sp³-hybridized carbons (Fsp3) is 0.133. The van der Waals surface area contributed by atoms with E-state index in [0.717, 1.165) is 27.6 Å². The Bertz CT molecular complexity index is 629. The summed E-state index contributed by atoms with van der Waals surface area (Å²) in [6.45, 7) is 2.10. The summed E-state index contributed by atoms with van der Waals surface area (Å²) in [6, 6.07) is 13.6. The average molecular weight is 323 g/mol. The lowest BCUT2D eigenvalue weighted by Gasteiger charge is -2.15. The summed E-state index contributed by atoms with van der Waals surface area (Å²) in [5, 5.41) is 3.97. The van der Waals surface area contributed by atoms with Crippen molar-refractivity contribution in [3.05, 3.63) is 53.1 Å². The molecule has 0 bridgehead atoms. The van der Waals surface area contributed by atoms with Crippen molar-refractivity contribution < 1.29 is 0 Å². The zero-order valence-corrected chi connectivity index (χ0v) is 13.4. The third kappa shape index (κ3) is 3.45. The van der Waals surface area contributed by atoms with E-state index in [4.69, 9.17) is 29.6 Å². The molecule has 2 nitrogen and oxygen atoms in total. The molecule has 2 aromatic rings. The van der Waals surface area contributed by atoms with Gasteiger partial charge < -0.3 is 11.1 Å². The summed E-state index contributed by atoms with van der Waals surface area (Å²) in [5.74, 6) is 0.963. The number of thiocarbonyl (C=S) groups is 1. The van der Waals surface area contributed by atoms with Crippen LogP contribution in [0.4, 0.5) is 11.4 Å². The van der Waals surface area contributed by atoms with Crippen LogP contribution >= 0.6 is 35.6 Å². The Labute approximate surface area is 133 Å². The topological polar surface area (TPSA) is 38.0 Å². The molecule has 0 fully saturated rings. The smallest absolute Gasteiger partial charge is 0.107 e. The molecule has 0 unspecified atom stereocenters. The fourth-order valence-corrected chi connectivity index (χ4v) is 3.19. The molecule has 0 aliphatic carbocycles. The predicted molar refractivity (Wildman–Crippen MR) is 93.5 cm³/mol. The maximum absolute atomic E-state index is 6.18. The predicted octanol–water partition coefficient (Wildman–Crippen LogP) is 4.83. The average Bonchev–Trinajstić information content (AvgIpc) is 2.41. The summed E-state index contributed by atoms with van der Waals surface area (Å²) in [7, 11) is 0. The van der Waals surface area contributed by atoms with Crippen LogP contribution < -0.4 is 11.1 Å². The van der Waals surface area contributed by atoms with E-state index in [1.165, 1.54) is 0 Å². The molecule has 0 saturated heterocycles. The quantitative estimate of drug-likeness (QED) is 0.611. The first-order chi connectivity index (χ1) is 9.63. The van der Waals surface area contributed by atoms with Crippen molar-refractivity contribution in [3.63, 3.8) is 0 Å². The molecule has 0 aliphatic heterocycles. The van der Waals surface area contributed by atoms with Gasteiger partial charge in [0.25, 0.3) is 0 Å². The van der Waals surface area contributed by atoms with Crippen molar-refractivity contribution >= 4 is 51.9 Å². The van der Waals surface area contributed by atoms with E-state index in [2.05, 4.69) is 12.2 Å². The van der Waals surface area contributed by atoms with Gasteiger partial charge in [-0.15, -0.1) is 11.8 Å². The van der Waals surface area contributed by atoms with Crippen molar-refractivity contribution in [3.8, 4) is 0 Å². The van der Waals surface area contributed by atoms with Gasteiger partial charge in [0.05, 0.1) is 10.7 Å². The number of rotatable bonds is 5. The van der Waals surface area contributed by atoms with Crippen LogP contribution in [0.2, 0.25) is 5.02 Å². The maximum atomic E-state index is 6.18. The van der Waals surface area contributed by atoms with Crippen LogP contribution in [0.1, 0.15) is 12.5 Å². The van der Waals surface area contributed by atoms with E-state index >= 15 is 0 Å². The van der Waals surface area contributed by atoms with Gasteiger partial charge in [0.1, 0.15) is 4.99 Å². The van der Waals surface area contributed by atoms with Gasteiger partial charge >= 0.3 is 0 Å². The molecule has 0 amide bonds. The summed E-state index contributed by atoms with van der Waals surface area (Å²) in [6.07, 6.45) is 0. The minimum Gasteiger partial charge on any atom is -0.389 e. The Hall–Kier alpha value is -1.23. The first kappa shape index (κ1) is 15.2. The van der Waals surface area contributed by atoms with Gasteiger partial charge in [0.15, 0.2) is 0 Å². The van der Waals surface area contributed by atoms with Crippen molar-refractivity contribution in [1.82, 2.24) is 0 Å². The minimum atomic E-state index is 0.385. The molecular formula is C15H15ClN2S2. The van der Waals surface area contributed by atoms with Crippen LogP contribution in [0, 0.1) is 0 Å². The van der Waals surface area contributed by atoms with Gasteiger partial charge in [-0.25, -0.2) is 0 Å². The zero-order valence-electron chi connectivity index (χ0n) is 11.0. The number of nitrogens with one attached hydrogen (secondary N) is 1. The lowest BCUT2D eigenvalue weighted by atomic mass is 10.1. The summed E-state index contributed by atoms with van der Waals surface area (Å²) < 4.78 is 0. The lowest BCUT2D eigenvalue weighted by molar-refractivity contribution is 1.38. The largest absolute Gasteiger partial charge is 0.389 e. The second-order valence-corrected chi connectivity index (χ2v) is 6.23. The molecule has 0 aliphatic rings. The molecule has 20 heavy (non-hydrogen) atoms. The Morgan fingerprint density at radius 2 is 1.90 bits per heavy atom. The highest BCUT2D eigenvalue weighted by Gasteiger charge is 2.12. The SMILES string of the molecule is CCSc1cccc(Nc2ccccc2Cl)c1C(N)=S. The number of nitrogens with two attached hydrogens (primary N) is 1. The van der Waals surface area contributed by atoms with Gasteiger partial charge in [0, 0.05) is 16.1 Å². The van der Waals surface area contributed by atoms with Crippen LogP contribution in [-0.4, -0.2) is 10.7 Å². The number of para-hydroxylation sites is 1. The molecule has 0 radical (unpaired) electrons. The number of anilines is 2. The first-order valence-electron chi connectivity index (χ1n) is 6.20. The van der Waals surface area contributed by atoms with Gasteiger partial charge in [-0.3, -0.25) is 0 Å². The highest BCUT2D eigenvalue weighted by atomic mass is 35.5. The molecule has 3 N–H and O–H groups in total. The monoisotopic (exact) mass is 322 g/mol. The number of thioether (sulfide) groups is 1. The van der Waals surface area contributed by atoms with Crippen molar-refractivity contribution in [2.24, 2.45) is 5.73 Å². The summed E-state index contributed by atoms with van der Waals surface area (Å²) in [4.78, 5) is 1.47. The molecule has 0 atom stereocenters. The minimum absolute atomic E-state index is 0.385. The second kappa shape index (κ2) is 6.97. The van der Waals surface area contributed by atoms with Gasteiger partial charge in [0.2, 0.25) is 0 Å². The van der Waals surface area contributed by atoms with Crippen LogP contribution in [-0.2, 0) is 0 Å². The van der Waals surface area contributed by atoms with Gasteiger partial charge in [-0.05, 0) is 30.0 Å². The molecule has 5 heteroatoms.